The molecule has 1 heterocycles. The maximum atomic E-state index is 5.34. The van der Waals surface area contributed by atoms with Gasteiger partial charge in [-0.2, -0.15) is 0 Å². The van der Waals surface area contributed by atoms with Crippen LogP contribution < -0.4 is 0 Å². The number of aromatic nitrogens is 1. The minimum absolute atomic E-state index is 0.157. The van der Waals surface area contributed by atoms with Crippen LogP contribution in [0.3, 0.4) is 0 Å². The number of nitrogens with zero attached hydrogens (tertiary/aromatic N) is 1. The van der Waals surface area contributed by atoms with Crippen LogP contribution >= 0.6 is 23.2 Å². The van der Waals surface area contributed by atoms with Gasteiger partial charge in [-0.05, 0) is 18.6 Å². The lowest BCUT2D eigenvalue weighted by molar-refractivity contribution is 0.859. The van der Waals surface area contributed by atoms with Crippen molar-refractivity contribution in [2.24, 2.45) is 0 Å². The summed E-state index contributed by atoms with van der Waals surface area (Å²) in [7, 11) is 0. The molecule has 16 heavy (non-hydrogen) atoms. The predicted molar refractivity (Wildman–Crippen MR) is 72.1 cm³/mol. The summed E-state index contributed by atoms with van der Waals surface area (Å²) in [4.78, 5) is 4.02. The Kier molecular flexibility index (Phi) is 6.20. The molecule has 3 heteroatoms. The van der Waals surface area contributed by atoms with Gasteiger partial charge in [0.15, 0.2) is 0 Å². The van der Waals surface area contributed by atoms with E-state index in [1.165, 1.54) is 5.39 Å². The molecule has 0 unspecified atom stereocenters. The van der Waals surface area contributed by atoms with E-state index >= 15 is 0 Å². The van der Waals surface area contributed by atoms with Crippen LogP contribution in [0.5, 0.6) is 0 Å². The standard InChI is InChI=1S/C9H7N.C4H8Cl2/c1-2-6-9-8(4-1)5-3-7-10-9;1-2-3-4(5)6/h1-7H;4H,2-3H2,1H3. The van der Waals surface area contributed by atoms with E-state index in [0.29, 0.717) is 0 Å². The molecule has 0 spiro atoms. The highest BCUT2D eigenvalue weighted by molar-refractivity contribution is 6.44. The van der Waals surface area contributed by atoms with Crippen molar-refractivity contribution in [2.75, 3.05) is 0 Å². The average Bonchev–Trinajstić information content (AvgIpc) is 2.30. The molecule has 86 valence electrons. The summed E-state index contributed by atoms with van der Waals surface area (Å²) >= 11 is 10.7. The first kappa shape index (κ1) is 13.3. The number of para-hydroxylation sites is 1. The fourth-order valence-electron chi connectivity index (χ4n) is 1.23. The van der Waals surface area contributed by atoms with Crippen molar-refractivity contribution < 1.29 is 0 Å². The third-order valence-corrected chi connectivity index (χ3v) is 2.46. The lowest BCUT2D eigenvalue weighted by atomic mass is 10.2. The molecule has 0 radical (unpaired) electrons. The molecule has 2 rings (SSSR count). The Hall–Kier alpha value is -0.790. The van der Waals surface area contributed by atoms with E-state index in [0.717, 1.165) is 18.4 Å². The monoisotopic (exact) mass is 255 g/mol. The Morgan fingerprint density at radius 3 is 2.38 bits per heavy atom. The predicted octanol–water partition coefficient (Wildman–Crippen LogP) is 4.83. The summed E-state index contributed by atoms with van der Waals surface area (Å²) in [6.45, 7) is 2.05. The number of hydrogen-bond acceptors (Lipinski definition) is 1. The molecule has 1 aromatic carbocycles. The third kappa shape index (κ3) is 4.82. The third-order valence-electron chi connectivity index (χ3n) is 2.02. The number of hydrogen-bond donors (Lipinski definition) is 0. The smallest absolute Gasteiger partial charge is 0.107 e. The van der Waals surface area contributed by atoms with Gasteiger partial charge in [-0.15, -0.1) is 23.2 Å². The van der Waals surface area contributed by atoms with Crippen LogP contribution in [-0.2, 0) is 0 Å². The molecular weight excluding hydrogens is 241 g/mol. The molecular formula is C13H15Cl2N. The molecule has 1 aromatic heterocycles. The topological polar surface area (TPSA) is 12.9 Å². The Balaban J connectivity index is 0.000000187. The van der Waals surface area contributed by atoms with Gasteiger partial charge in [-0.25, -0.2) is 0 Å². The van der Waals surface area contributed by atoms with E-state index in [1.807, 2.05) is 30.5 Å². The Morgan fingerprint density at radius 2 is 1.81 bits per heavy atom. The largest absolute Gasteiger partial charge is 0.256 e. The highest BCUT2D eigenvalue weighted by atomic mass is 35.5. The van der Waals surface area contributed by atoms with Gasteiger partial charge in [0.1, 0.15) is 4.84 Å². The highest BCUT2D eigenvalue weighted by Crippen LogP contribution is 2.08. The van der Waals surface area contributed by atoms with Crippen LogP contribution in [0.4, 0.5) is 0 Å². The summed E-state index contributed by atoms with van der Waals surface area (Å²) < 4.78 is 0. The minimum atomic E-state index is -0.157. The maximum absolute atomic E-state index is 5.34. The number of fused-ring (bicyclic) bond motifs is 1. The number of rotatable bonds is 2. The zero-order valence-corrected chi connectivity index (χ0v) is 10.7. The SMILES string of the molecule is CCCC(Cl)Cl.c1ccc2ncccc2c1. The molecule has 0 amide bonds. The molecule has 2 aromatic rings. The zero-order chi connectivity index (χ0) is 11.8. The summed E-state index contributed by atoms with van der Waals surface area (Å²) in [6, 6.07) is 12.1. The molecule has 0 atom stereocenters. The summed E-state index contributed by atoms with van der Waals surface area (Å²) in [5.74, 6) is 0. The van der Waals surface area contributed by atoms with Gasteiger partial charge in [0.2, 0.25) is 0 Å². The Morgan fingerprint density at radius 1 is 1.12 bits per heavy atom. The molecule has 0 N–H and O–H groups in total. The fourth-order valence-corrected chi connectivity index (χ4v) is 1.67. The van der Waals surface area contributed by atoms with Crippen molar-refractivity contribution in [3.05, 3.63) is 42.6 Å². The van der Waals surface area contributed by atoms with Crippen LogP contribution in [-0.4, -0.2) is 9.82 Å². The second-order valence-corrected chi connectivity index (χ2v) is 4.65. The van der Waals surface area contributed by atoms with E-state index < -0.39 is 0 Å². The van der Waals surface area contributed by atoms with Crippen molar-refractivity contribution in [1.82, 2.24) is 4.98 Å². The first-order chi connectivity index (χ1) is 7.74. The first-order valence-electron chi connectivity index (χ1n) is 5.32. The van der Waals surface area contributed by atoms with Gasteiger partial charge in [0.25, 0.3) is 0 Å². The zero-order valence-electron chi connectivity index (χ0n) is 9.24. The lowest BCUT2D eigenvalue weighted by Gasteiger charge is -1.91. The van der Waals surface area contributed by atoms with Crippen LogP contribution in [0.1, 0.15) is 19.8 Å². The van der Waals surface area contributed by atoms with Crippen molar-refractivity contribution in [1.29, 1.82) is 0 Å². The van der Waals surface area contributed by atoms with Crippen LogP contribution in [0, 0.1) is 0 Å². The summed E-state index contributed by atoms with van der Waals surface area (Å²) in [5, 5.41) is 1.20. The fraction of sp³-hybridized carbons (Fsp3) is 0.308. The van der Waals surface area contributed by atoms with Crippen molar-refractivity contribution >= 4 is 34.1 Å². The van der Waals surface area contributed by atoms with E-state index in [9.17, 15) is 0 Å². The number of pyridine rings is 1. The number of benzene rings is 1. The van der Waals surface area contributed by atoms with Gasteiger partial charge < -0.3 is 0 Å². The second kappa shape index (κ2) is 7.48. The lowest BCUT2D eigenvalue weighted by Crippen LogP contribution is -1.80. The molecule has 0 fully saturated rings. The van der Waals surface area contributed by atoms with Gasteiger partial charge in [0.05, 0.1) is 5.52 Å². The average molecular weight is 256 g/mol. The molecule has 0 bridgehead atoms. The van der Waals surface area contributed by atoms with E-state index in [1.54, 1.807) is 0 Å². The first-order valence-corrected chi connectivity index (χ1v) is 6.19. The Bertz CT molecular complexity index is 350. The summed E-state index contributed by atoms with van der Waals surface area (Å²) in [5.41, 5.74) is 1.06. The van der Waals surface area contributed by atoms with Gasteiger partial charge >= 0.3 is 0 Å². The van der Waals surface area contributed by atoms with Gasteiger partial charge in [0, 0.05) is 11.6 Å². The minimum Gasteiger partial charge on any atom is -0.256 e. The molecule has 0 aliphatic carbocycles. The van der Waals surface area contributed by atoms with Crippen LogP contribution in [0.2, 0.25) is 0 Å². The van der Waals surface area contributed by atoms with E-state index in [-0.39, 0.29) is 4.84 Å². The molecule has 1 nitrogen and oxygen atoms in total. The van der Waals surface area contributed by atoms with Crippen molar-refractivity contribution in [3.8, 4) is 0 Å². The van der Waals surface area contributed by atoms with E-state index in [4.69, 9.17) is 23.2 Å². The molecule has 0 aliphatic rings. The summed E-state index contributed by atoms with van der Waals surface area (Å²) in [6.07, 6.45) is 3.78. The van der Waals surface area contributed by atoms with Crippen molar-refractivity contribution in [2.45, 2.75) is 24.6 Å². The second-order valence-electron chi connectivity index (χ2n) is 3.38. The Labute approximate surface area is 106 Å². The van der Waals surface area contributed by atoms with Crippen LogP contribution in [0.25, 0.3) is 10.9 Å². The maximum Gasteiger partial charge on any atom is 0.107 e. The van der Waals surface area contributed by atoms with Crippen molar-refractivity contribution in [3.63, 3.8) is 0 Å². The molecule has 0 saturated heterocycles. The van der Waals surface area contributed by atoms with E-state index in [2.05, 4.69) is 24.0 Å². The molecule has 0 aliphatic heterocycles. The number of alkyl halides is 2. The molecule has 0 saturated carbocycles. The normalized spacial score (nSPS) is 10.0. The van der Waals surface area contributed by atoms with Crippen LogP contribution in [0.15, 0.2) is 42.6 Å². The van der Waals surface area contributed by atoms with Gasteiger partial charge in [-0.3, -0.25) is 4.98 Å². The highest BCUT2D eigenvalue weighted by Gasteiger charge is 1.91. The van der Waals surface area contributed by atoms with Gasteiger partial charge in [-0.1, -0.05) is 37.6 Å². The quantitative estimate of drug-likeness (QED) is 0.701. The number of halogens is 2.